The SMILES string of the molecule is CC1CSC(=C2c3ccccc3N(Cc3ccccc3)c3ccccc32)SC1. The molecule has 0 atom stereocenters. The van der Waals surface area contributed by atoms with E-state index in [9.17, 15) is 0 Å². The highest BCUT2D eigenvalue weighted by Crippen LogP contribution is 2.52. The van der Waals surface area contributed by atoms with Gasteiger partial charge in [0.2, 0.25) is 0 Å². The summed E-state index contributed by atoms with van der Waals surface area (Å²) < 4.78 is 1.48. The molecule has 28 heavy (non-hydrogen) atoms. The van der Waals surface area contributed by atoms with Crippen LogP contribution in [0.4, 0.5) is 11.4 Å². The van der Waals surface area contributed by atoms with Crippen LogP contribution in [-0.4, -0.2) is 11.5 Å². The first-order valence-corrected chi connectivity index (χ1v) is 11.8. The molecular formula is C25H23NS2. The third kappa shape index (κ3) is 3.27. The normalized spacial score (nSPS) is 18.6. The topological polar surface area (TPSA) is 3.24 Å². The van der Waals surface area contributed by atoms with Gasteiger partial charge < -0.3 is 4.90 Å². The molecular weight excluding hydrogens is 378 g/mol. The minimum absolute atomic E-state index is 0.781. The van der Waals surface area contributed by atoms with Crippen molar-refractivity contribution in [3.63, 3.8) is 0 Å². The first-order chi connectivity index (χ1) is 13.8. The quantitative estimate of drug-likeness (QED) is 0.448. The highest BCUT2D eigenvalue weighted by Gasteiger charge is 2.29. The maximum absolute atomic E-state index is 2.48. The van der Waals surface area contributed by atoms with Crippen LogP contribution in [0.3, 0.4) is 0 Å². The first kappa shape index (κ1) is 18.0. The van der Waals surface area contributed by atoms with Gasteiger partial charge in [-0.25, -0.2) is 0 Å². The Kier molecular flexibility index (Phi) is 4.96. The van der Waals surface area contributed by atoms with Gasteiger partial charge in [-0.3, -0.25) is 0 Å². The number of fused-ring (bicyclic) bond motifs is 2. The van der Waals surface area contributed by atoms with Gasteiger partial charge in [0.25, 0.3) is 0 Å². The van der Waals surface area contributed by atoms with E-state index in [1.807, 2.05) is 23.5 Å². The first-order valence-electron chi connectivity index (χ1n) is 9.81. The lowest BCUT2D eigenvalue weighted by Crippen LogP contribution is -2.23. The number of rotatable bonds is 2. The van der Waals surface area contributed by atoms with Crippen LogP contribution in [-0.2, 0) is 6.54 Å². The molecule has 0 bridgehead atoms. The Morgan fingerprint density at radius 3 is 1.89 bits per heavy atom. The van der Waals surface area contributed by atoms with E-state index in [1.54, 1.807) is 0 Å². The summed E-state index contributed by atoms with van der Waals surface area (Å²) in [5.74, 6) is 3.20. The maximum Gasteiger partial charge on any atom is 0.0494 e. The van der Waals surface area contributed by atoms with Crippen molar-refractivity contribution in [3.05, 3.63) is 99.8 Å². The zero-order valence-electron chi connectivity index (χ0n) is 16.0. The predicted octanol–water partition coefficient (Wildman–Crippen LogP) is 7.17. The van der Waals surface area contributed by atoms with Crippen molar-refractivity contribution < 1.29 is 0 Å². The van der Waals surface area contributed by atoms with Gasteiger partial charge in [-0.1, -0.05) is 73.7 Å². The fraction of sp³-hybridized carbons (Fsp3) is 0.200. The van der Waals surface area contributed by atoms with Crippen LogP contribution in [0.15, 0.2) is 83.1 Å². The summed E-state index contributed by atoms with van der Waals surface area (Å²) in [6.45, 7) is 3.24. The summed E-state index contributed by atoms with van der Waals surface area (Å²) in [6, 6.07) is 28.6. The molecule has 2 heterocycles. The molecule has 0 amide bonds. The lowest BCUT2D eigenvalue weighted by Gasteiger charge is -2.36. The average Bonchev–Trinajstić information content (AvgIpc) is 2.75. The lowest BCUT2D eigenvalue weighted by molar-refractivity contribution is 0.764. The molecule has 3 aromatic rings. The zero-order valence-corrected chi connectivity index (χ0v) is 17.6. The Morgan fingerprint density at radius 1 is 0.750 bits per heavy atom. The lowest BCUT2D eigenvalue weighted by atomic mass is 9.91. The van der Waals surface area contributed by atoms with E-state index in [-0.39, 0.29) is 0 Å². The summed E-state index contributed by atoms with van der Waals surface area (Å²) in [5.41, 5.74) is 8.11. The molecule has 3 heteroatoms. The van der Waals surface area contributed by atoms with Crippen molar-refractivity contribution in [1.29, 1.82) is 0 Å². The van der Waals surface area contributed by atoms with Crippen LogP contribution in [0, 0.1) is 5.92 Å². The molecule has 0 spiro atoms. The predicted molar refractivity (Wildman–Crippen MR) is 125 cm³/mol. The fourth-order valence-corrected chi connectivity index (χ4v) is 6.67. The Hall–Kier alpha value is -2.10. The van der Waals surface area contributed by atoms with E-state index in [0.29, 0.717) is 0 Å². The number of benzene rings is 3. The minimum Gasteiger partial charge on any atom is -0.336 e. The number of hydrogen-bond donors (Lipinski definition) is 0. The van der Waals surface area contributed by atoms with Crippen LogP contribution in [0.1, 0.15) is 23.6 Å². The summed E-state index contributed by atoms with van der Waals surface area (Å²) in [5, 5.41) is 0. The number of anilines is 2. The van der Waals surface area contributed by atoms with Gasteiger partial charge in [-0.2, -0.15) is 0 Å². The maximum atomic E-state index is 2.48. The van der Waals surface area contributed by atoms with Crippen molar-refractivity contribution in [2.75, 3.05) is 16.4 Å². The molecule has 0 aliphatic carbocycles. The second-order valence-corrected chi connectivity index (χ2v) is 9.81. The van der Waals surface area contributed by atoms with Gasteiger partial charge in [-0.05, 0) is 23.6 Å². The number of thioether (sulfide) groups is 2. The summed E-state index contributed by atoms with van der Waals surface area (Å²) in [7, 11) is 0. The molecule has 140 valence electrons. The summed E-state index contributed by atoms with van der Waals surface area (Å²) >= 11 is 4.07. The van der Waals surface area contributed by atoms with Gasteiger partial charge in [0.15, 0.2) is 0 Å². The van der Waals surface area contributed by atoms with E-state index in [4.69, 9.17) is 0 Å². The molecule has 1 saturated heterocycles. The second kappa shape index (κ2) is 7.73. The highest BCUT2D eigenvalue weighted by molar-refractivity contribution is 8.23. The van der Waals surface area contributed by atoms with Crippen molar-refractivity contribution in [2.45, 2.75) is 13.5 Å². The van der Waals surface area contributed by atoms with Crippen molar-refractivity contribution in [2.24, 2.45) is 5.92 Å². The molecule has 0 radical (unpaired) electrons. The fourth-order valence-electron chi connectivity index (χ4n) is 3.94. The van der Waals surface area contributed by atoms with Crippen LogP contribution in [0.2, 0.25) is 0 Å². The van der Waals surface area contributed by atoms with E-state index < -0.39 is 0 Å². The Morgan fingerprint density at radius 2 is 1.29 bits per heavy atom. The van der Waals surface area contributed by atoms with Crippen LogP contribution in [0.5, 0.6) is 0 Å². The van der Waals surface area contributed by atoms with Crippen molar-refractivity contribution >= 4 is 40.5 Å². The van der Waals surface area contributed by atoms with Gasteiger partial charge in [0.1, 0.15) is 0 Å². The number of nitrogens with zero attached hydrogens (tertiary/aromatic N) is 1. The highest BCUT2D eigenvalue weighted by atomic mass is 32.2. The minimum atomic E-state index is 0.781. The molecule has 0 aromatic heterocycles. The van der Waals surface area contributed by atoms with E-state index in [0.717, 1.165) is 12.5 Å². The molecule has 0 unspecified atom stereocenters. The number of para-hydroxylation sites is 2. The number of hydrogen-bond acceptors (Lipinski definition) is 3. The third-order valence-electron chi connectivity index (χ3n) is 5.31. The van der Waals surface area contributed by atoms with Gasteiger partial charge in [0.05, 0.1) is 0 Å². The zero-order chi connectivity index (χ0) is 18.9. The average molecular weight is 402 g/mol. The molecule has 2 aliphatic heterocycles. The molecule has 1 nitrogen and oxygen atoms in total. The molecule has 5 rings (SSSR count). The second-order valence-electron chi connectivity index (χ2n) is 7.50. The largest absolute Gasteiger partial charge is 0.336 e. The summed E-state index contributed by atoms with van der Waals surface area (Å²) in [4.78, 5) is 2.48. The van der Waals surface area contributed by atoms with Gasteiger partial charge in [0, 0.05) is 50.4 Å². The van der Waals surface area contributed by atoms with Gasteiger partial charge in [-0.15, -0.1) is 23.5 Å². The molecule has 3 aromatic carbocycles. The molecule has 0 N–H and O–H groups in total. The van der Waals surface area contributed by atoms with E-state index in [2.05, 4.69) is 90.7 Å². The van der Waals surface area contributed by atoms with Crippen LogP contribution >= 0.6 is 23.5 Å². The monoisotopic (exact) mass is 401 g/mol. The third-order valence-corrected chi connectivity index (χ3v) is 8.43. The smallest absolute Gasteiger partial charge is 0.0494 e. The van der Waals surface area contributed by atoms with Crippen LogP contribution in [0.25, 0.3) is 5.57 Å². The molecule has 1 fully saturated rings. The Bertz CT molecular complexity index is 966. The van der Waals surface area contributed by atoms with Crippen LogP contribution < -0.4 is 4.90 Å². The van der Waals surface area contributed by atoms with E-state index in [1.165, 1.54) is 49.4 Å². The van der Waals surface area contributed by atoms with E-state index >= 15 is 0 Å². The summed E-state index contributed by atoms with van der Waals surface area (Å²) in [6.07, 6.45) is 0. The molecule has 2 aliphatic rings. The Balaban J connectivity index is 1.67. The van der Waals surface area contributed by atoms with Crippen molar-refractivity contribution in [1.82, 2.24) is 0 Å². The van der Waals surface area contributed by atoms with Crippen molar-refractivity contribution in [3.8, 4) is 0 Å². The molecule has 0 saturated carbocycles. The standard InChI is InChI=1S/C25H23NS2/c1-18-16-27-25(28-17-18)24-20-11-5-7-13-22(20)26(15-19-9-3-2-4-10-19)23-14-8-6-12-21(23)24/h2-14,18H,15-17H2,1H3. The van der Waals surface area contributed by atoms with Gasteiger partial charge >= 0.3 is 0 Å². The Labute approximate surface area is 175 Å².